The van der Waals surface area contributed by atoms with Crippen LogP contribution in [-0.2, 0) is 33.5 Å². The van der Waals surface area contributed by atoms with Crippen LogP contribution in [0.1, 0.15) is 22.3 Å². The van der Waals surface area contributed by atoms with Crippen LogP contribution in [0.3, 0.4) is 0 Å². The summed E-state index contributed by atoms with van der Waals surface area (Å²) in [6.45, 7) is 0. The van der Waals surface area contributed by atoms with Crippen molar-refractivity contribution in [2.24, 2.45) is 7.05 Å². The van der Waals surface area contributed by atoms with Gasteiger partial charge in [-0.1, -0.05) is 145 Å². The van der Waals surface area contributed by atoms with E-state index in [2.05, 4.69) is 245 Å². The van der Waals surface area contributed by atoms with Gasteiger partial charge in [0.1, 0.15) is 5.82 Å². The first-order chi connectivity index (χ1) is 29.7. The van der Waals surface area contributed by atoms with Crippen molar-refractivity contribution in [2.45, 2.75) is 5.41 Å². The molecule has 0 fully saturated rings. The molecule has 0 bridgehead atoms. The Bertz CT molecular complexity index is 3290. The van der Waals surface area contributed by atoms with E-state index in [9.17, 15) is 0 Å². The van der Waals surface area contributed by atoms with Crippen molar-refractivity contribution in [2.75, 3.05) is 0 Å². The molecule has 0 aliphatic carbocycles. The van der Waals surface area contributed by atoms with E-state index < -0.39 is 5.41 Å². The number of pyridine rings is 1. The van der Waals surface area contributed by atoms with Gasteiger partial charge < -0.3 is 4.57 Å². The van der Waals surface area contributed by atoms with E-state index in [0.29, 0.717) is 0 Å². The standard InChI is InChI=1S/C56H39N4.Pt/c1-58-39-59(53-31-16-15-30-52(53)58)46-25-17-24-44(37-46)56(42-20-7-3-8-21-42,43-22-9-4-10-23-43)45-32-33-50-49-28-13-14-29-51(49)60(54(50)38-45)55-36-41(34-35-57-55)48-27-12-11-26-47(48)40-18-5-2-6-19-40;/h2-36,39H,1H3;/q-1;. The Morgan fingerprint density at radius 2 is 1.08 bits per heavy atom. The fourth-order valence-electron chi connectivity index (χ4n) is 9.24. The van der Waals surface area contributed by atoms with Gasteiger partial charge in [-0.3, -0.25) is 0 Å². The summed E-state index contributed by atoms with van der Waals surface area (Å²) in [4.78, 5) is 5.08. The Hall–Kier alpha value is -7.13. The molecule has 3 heterocycles. The minimum Gasteiger partial charge on any atom is -0.319 e. The average Bonchev–Trinajstić information content (AvgIpc) is 3.84. The van der Waals surface area contributed by atoms with Gasteiger partial charge in [-0.05, 0) is 69.1 Å². The molecule has 0 saturated carbocycles. The maximum atomic E-state index is 5.08. The molecule has 4 nitrogen and oxygen atoms in total. The molecule has 294 valence electrons. The first-order valence-corrected chi connectivity index (χ1v) is 20.4. The van der Waals surface area contributed by atoms with Crippen LogP contribution in [0.2, 0.25) is 0 Å². The zero-order chi connectivity index (χ0) is 40.0. The first-order valence-electron chi connectivity index (χ1n) is 20.4. The average molecular weight is 963 g/mol. The number of fused-ring (bicyclic) bond motifs is 4. The number of para-hydroxylation sites is 3. The topological polar surface area (TPSA) is 27.7 Å². The molecule has 0 atom stereocenters. The molecular formula is C56H39N4Pt-. The summed E-state index contributed by atoms with van der Waals surface area (Å²) >= 11 is 0. The third kappa shape index (κ3) is 6.34. The maximum absolute atomic E-state index is 5.08. The molecule has 0 amide bonds. The predicted octanol–water partition coefficient (Wildman–Crippen LogP) is 13.1. The van der Waals surface area contributed by atoms with Crippen LogP contribution in [0.5, 0.6) is 0 Å². The van der Waals surface area contributed by atoms with Gasteiger partial charge in [0.15, 0.2) is 17.4 Å². The van der Waals surface area contributed by atoms with E-state index in [4.69, 9.17) is 4.98 Å². The zero-order valence-corrected chi connectivity index (χ0v) is 35.7. The van der Waals surface area contributed by atoms with Gasteiger partial charge in [-0.25, -0.2) is 14.1 Å². The molecule has 0 spiro atoms. The Morgan fingerprint density at radius 3 is 1.80 bits per heavy atom. The molecule has 0 aliphatic rings. The van der Waals surface area contributed by atoms with Crippen LogP contribution in [0.4, 0.5) is 0 Å². The van der Waals surface area contributed by atoms with Crippen LogP contribution in [0.15, 0.2) is 219 Å². The van der Waals surface area contributed by atoms with Gasteiger partial charge in [0.25, 0.3) is 0 Å². The summed E-state index contributed by atoms with van der Waals surface area (Å²) in [5.74, 6) is 0.834. The SMILES string of the molecule is Cn1[cH+]n(-c2[c-]c(C(c3[c-]c4c(cc3)c3ccccc3n4-c3cc(-c4ccccc4-c4ccccc4)ccn3)(c3ccccc3)c3ccccc3)ccc2)c2ccccc21.[Pt]. The van der Waals surface area contributed by atoms with Crippen LogP contribution in [0, 0.1) is 12.1 Å². The van der Waals surface area contributed by atoms with Gasteiger partial charge in [-0.15, -0.1) is 22.6 Å². The van der Waals surface area contributed by atoms with E-state index >= 15 is 0 Å². The summed E-state index contributed by atoms with van der Waals surface area (Å²) in [5, 5.41) is 2.27. The second kappa shape index (κ2) is 15.8. The number of aromatic nitrogens is 4. The van der Waals surface area contributed by atoms with Crippen molar-refractivity contribution < 1.29 is 21.1 Å². The predicted molar refractivity (Wildman–Crippen MR) is 246 cm³/mol. The van der Waals surface area contributed by atoms with Crippen molar-refractivity contribution in [3.8, 4) is 33.8 Å². The molecule has 11 rings (SSSR count). The van der Waals surface area contributed by atoms with Crippen molar-refractivity contribution >= 4 is 32.8 Å². The Balaban J connectivity index is 0.00000445. The van der Waals surface area contributed by atoms with Crippen LogP contribution in [0.25, 0.3) is 66.6 Å². The van der Waals surface area contributed by atoms with Crippen molar-refractivity contribution in [3.05, 3.63) is 253 Å². The maximum Gasteiger partial charge on any atom is 0.188 e. The number of imidazole rings is 1. The first kappa shape index (κ1) is 38.1. The van der Waals surface area contributed by atoms with E-state index in [-0.39, 0.29) is 21.1 Å². The van der Waals surface area contributed by atoms with E-state index in [1.165, 1.54) is 11.1 Å². The third-order valence-electron chi connectivity index (χ3n) is 12.0. The van der Waals surface area contributed by atoms with Crippen LogP contribution < -0.4 is 0 Å². The molecule has 0 saturated heterocycles. The minimum atomic E-state index is -0.789. The second-order valence-corrected chi connectivity index (χ2v) is 15.3. The quantitative estimate of drug-likeness (QED) is 0.110. The van der Waals surface area contributed by atoms with E-state index in [1.807, 2.05) is 6.20 Å². The van der Waals surface area contributed by atoms with Crippen molar-refractivity contribution in [1.82, 2.24) is 18.7 Å². The number of rotatable bonds is 8. The fourth-order valence-corrected chi connectivity index (χ4v) is 9.24. The largest absolute Gasteiger partial charge is 0.319 e. The monoisotopic (exact) mass is 962 g/mol. The molecule has 8 aromatic carbocycles. The minimum absolute atomic E-state index is 0. The molecule has 0 aliphatic heterocycles. The van der Waals surface area contributed by atoms with Gasteiger partial charge in [-0.2, -0.15) is 30.3 Å². The van der Waals surface area contributed by atoms with Gasteiger partial charge in [0.05, 0.1) is 0 Å². The zero-order valence-electron chi connectivity index (χ0n) is 33.4. The van der Waals surface area contributed by atoms with E-state index in [0.717, 1.165) is 77.7 Å². The molecule has 0 unspecified atom stereocenters. The summed E-state index contributed by atoms with van der Waals surface area (Å²) in [6.07, 6.45) is 4.07. The Labute approximate surface area is 369 Å². The molecule has 5 heteroatoms. The number of aryl methyl sites for hydroxylation is 1. The summed E-state index contributed by atoms with van der Waals surface area (Å²) in [6, 6.07) is 81.5. The smallest absolute Gasteiger partial charge is 0.188 e. The van der Waals surface area contributed by atoms with Crippen molar-refractivity contribution in [1.29, 1.82) is 0 Å². The third-order valence-corrected chi connectivity index (χ3v) is 12.0. The van der Waals surface area contributed by atoms with Gasteiger partial charge in [0.2, 0.25) is 0 Å². The molecule has 11 aromatic rings. The Kier molecular flexibility index (Phi) is 9.87. The van der Waals surface area contributed by atoms with E-state index in [1.54, 1.807) is 0 Å². The normalized spacial score (nSPS) is 11.6. The van der Waals surface area contributed by atoms with Crippen molar-refractivity contribution in [3.63, 3.8) is 0 Å². The second-order valence-electron chi connectivity index (χ2n) is 15.3. The Morgan fingerprint density at radius 1 is 0.492 bits per heavy atom. The molecule has 61 heavy (non-hydrogen) atoms. The summed E-state index contributed by atoms with van der Waals surface area (Å²) in [7, 11) is 2.09. The number of benzene rings is 8. The summed E-state index contributed by atoms with van der Waals surface area (Å²) < 4.78 is 6.69. The fraction of sp³-hybridized carbons (Fsp3) is 0.0357. The number of hydrogen-bond donors (Lipinski definition) is 0. The van der Waals surface area contributed by atoms with Gasteiger partial charge >= 0.3 is 0 Å². The summed E-state index contributed by atoms with van der Waals surface area (Å²) in [5.41, 5.74) is 13.4. The van der Waals surface area contributed by atoms with Crippen LogP contribution in [-0.4, -0.2) is 18.7 Å². The van der Waals surface area contributed by atoms with Gasteiger partial charge in [0, 0.05) is 63.1 Å². The number of nitrogens with zero attached hydrogens (tertiary/aromatic N) is 4. The number of hydrogen-bond acceptors (Lipinski definition) is 1. The molecule has 0 N–H and O–H groups in total. The molecular weight excluding hydrogens is 924 g/mol. The molecule has 3 aromatic heterocycles. The molecule has 0 radical (unpaired) electrons. The van der Waals surface area contributed by atoms with Crippen LogP contribution >= 0.6 is 0 Å².